The van der Waals surface area contributed by atoms with E-state index in [4.69, 9.17) is 14.0 Å². The average molecular weight is 371 g/mol. The number of aryl methyl sites for hydroxylation is 1. The molecular weight excluding hydrogens is 346 g/mol. The number of aromatic nitrogens is 2. The molecule has 1 amide bonds. The quantitative estimate of drug-likeness (QED) is 0.804. The smallest absolute Gasteiger partial charge is 0.276 e. The van der Waals surface area contributed by atoms with Gasteiger partial charge in [0.2, 0.25) is 0 Å². The maximum atomic E-state index is 12.6. The van der Waals surface area contributed by atoms with E-state index in [1.165, 1.54) is 0 Å². The van der Waals surface area contributed by atoms with Gasteiger partial charge in [0.25, 0.3) is 5.91 Å². The van der Waals surface area contributed by atoms with Crippen molar-refractivity contribution in [3.63, 3.8) is 0 Å². The molecule has 2 aliphatic heterocycles. The molecule has 2 aromatic rings. The van der Waals surface area contributed by atoms with Gasteiger partial charge in [-0.25, -0.2) is 0 Å². The monoisotopic (exact) mass is 371 g/mol. The van der Waals surface area contributed by atoms with E-state index in [-0.39, 0.29) is 11.5 Å². The van der Waals surface area contributed by atoms with Crippen molar-refractivity contribution in [3.05, 3.63) is 42.0 Å². The van der Waals surface area contributed by atoms with Crippen molar-refractivity contribution in [2.75, 3.05) is 26.3 Å². The summed E-state index contributed by atoms with van der Waals surface area (Å²) in [5.74, 6) is 1.85. The third kappa shape index (κ3) is 3.83. The van der Waals surface area contributed by atoms with Gasteiger partial charge in [-0.15, -0.1) is 0 Å². The first-order valence-corrected chi connectivity index (χ1v) is 9.56. The maximum absolute atomic E-state index is 12.6. The number of amides is 1. The van der Waals surface area contributed by atoms with Crippen molar-refractivity contribution >= 4 is 5.91 Å². The fourth-order valence-electron chi connectivity index (χ4n) is 4.21. The summed E-state index contributed by atoms with van der Waals surface area (Å²) in [6.07, 6.45) is 7.18. The summed E-state index contributed by atoms with van der Waals surface area (Å²) in [6, 6.07) is 5.49. The van der Waals surface area contributed by atoms with E-state index in [1.807, 2.05) is 17.0 Å². The third-order valence-corrected chi connectivity index (χ3v) is 5.71. The van der Waals surface area contributed by atoms with Crippen molar-refractivity contribution in [3.8, 4) is 5.75 Å². The lowest BCUT2D eigenvalue weighted by atomic mass is 9.78. The topological polar surface area (TPSA) is 77.7 Å². The van der Waals surface area contributed by atoms with Crippen LogP contribution in [-0.2, 0) is 4.74 Å². The number of hydrogen-bond donors (Lipinski definition) is 0. The highest BCUT2D eigenvalue weighted by Crippen LogP contribution is 2.42. The van der Waals surface area contributed by atoms with Crippen LogP contribution in [0.5, 0.6) is 5.75 Å². The summed E-state index contributed by atoms with van der Waals surface area (Å²) in [5.41, 5.74) is 0.256. The van der Waals surface area contributed by atoms with Crippen LogP contribution in [0, 0.1) is 12.8 Å². The number of nitrogens with zero attached hydrogens (tertiary/aromatic N) is 3. The van der Waals surface area contributed by atoms with E-state index < -0.39 is 0 Å². The molecule has 0 aromatic carbocycles. The van der Waals surface area contributed by atoms with E-state index in [1.54, 1.807) is 25.4 Å². The van der Waals surface area contributed by atoms with Crippen LogP contribution >= 0.6 is 0 Å². The van der Waals surface area contributed by atoms with Crippen LogP contribution in [0.25, 0.3) is 0 Å². The fourth-order valence-corrected chi connectivity index (χ4v) is 4.21. The van der Waals surface area contributed by atoms with Crippen LogP contribution in [0.3, 0.4) is 0 Å². The van der Waals surface area contributed by atoms with Crippen molar-refractivity contribution < 1.29 is 18.8 Å². The van der Waals surface area contributed by atoms with Crippen LogP contribution in [0.4, 0.5) is 0 Å². The van der Waals surface area contributed by atoms with E-state index in [0.29, 0.717) is 37.1 Å². The number of pyridine rings is 1. The van der Waals surface area contributed by atoms with Gasteiger partial charge in [-0.1, -0.05) is 5.16 Å². The molecule has 0 N–H and O–H groups in total. The summed E-state index contributed by atoms with van der Waals surface area (Å²) in [6.45, 7) is 4.60. The van der Waals surface area contributed by atoms with E-state index in [0.717, 1.165) is 38.0 Å². The van der Waals surface area contributed by atoms with Crippen molar-refractivity contribution in [1.29, 1.82) is 0 Å². The van der Waals surface area contributed by atoms with E-state index >= 15 is 0 Å². The number of piperidine rings is 1. The molecule has 0 radical (unpaired) electrons. The number of carbonyl (C=O) groups is 1. The molecule has 2 fully saturated rings. The maximum Gasteiger partial charge on any atom is 0.276 e. The van der Waals surface area contributed by atoms with E-state index in [9.17, 15) is 4.79 Å². The molecule has 7 heteroatoms. The molecule has 2 aliphatic rings. The lowest BCUT2D eigenvalue weighted by Gasteiger charge is -2.42. The second-order valence-electron chi connectivity index (χ2n) is 7.34. The zero-order chi connectivity index (χ0) is 18.7. The molecule has 27 heavy (non-hydrogen) atoms. The Labute approximate surface area is 158 Å². The molecule has 0 bridgehead atoms. The summed E-state index contributed by atoms with van der Waals surface area (Å²) in [7, 11) is 0. The van der Waals surface area contributed by atoms with Crippen molar-refractivity contribution in [1.82, 2.24) is 15.0 Å². The Balaban J connectivity index is 1.31. The van der Waals surface area contributed by atoms with Crippen molar-refractivity contribution in [2.45, 2.75) is 38.2 Å². The van der Waals surface area contributed by atoms with Gasteiger partial charge in [-0.2, -0.15) is 0 Å². The molecular formula is C20H25N3O4. The number of hydrogen-bond acceptors (Lipinski definition) is 6. The van der Waals surface area contributed by atoms with Gasteiger partial charge < -0.3 is 18.9 Å². The Morgan fingerprint density at radius 2 is 2.26 bits per heavy atom. The lowest BCUT2D eigenvalue weighted by Crippen LogP contribution is -2.49. The van der Waals surface area contributed by atoms with Gasteiger partial charge in [0, 0.05) is 32.0 Å². The van der Waals surface area contributed by atoms with Gasteiger partial charge in [-0.05, 0) is 50.7 Å². The Kier molecular flexibility index (Phi) is 5.11. The van der Waals surface area contributed by atoms with Crippen LogP contribution in [0.2, 0.25) is 0 Å². The fraction of sp³-hybridized carbons (Fsp3) is 0.550. The first-order chi connectivity index (χ1) is 13.2. The molecule has 1 spiro atoms. The van der Waals surface area contributed by atoms with Crippen LogP contribution in [0.15, 0.2) is 35.1 Å². The highest BCUT2D eigenvalue weighted by atomic mass is 16.5. The Morgan fingerprint density at radius 3 is 2.96 bits per heavy atom. The first-order valence-electron chi connectivity index (χ1n) is 9.56. The third-order valence-electron chi connectivity index (χ3n) is 5.71. The molecule has 144 valence electrons. The second-order valence-corrected chi connectivity index (χ2v) is 7.34. The predicted octanol–water partition coefficient (Wildman–Crippen LogP) is 2.86. The van der Waals surface area contributed by atoms with Gasteiger partial charge in [0.1, 0.15) is 11.5 Å². The zero-order valence-corrected chi connectivity index (χ0v) is 15.6. The largest absolute Gasteiger partial charge is 0.492 e. The van der Waals surface area contributed by atoms with Gasteiger partial charge >= 0.3 is 0 Å². The number of rotatable bonds is 5. The van der Waals surface area contributed by atoms with Gasteiger partial charge in [-0.3, -0.25) is 9.78 Å². The highest BCUT2D eigenvalue weighted by Gasteiger charge is 2.46. The minimum absolute atomic E-state index is 0.0591. The Bertz CT molecular complexity index is 769. The SMILES string of the molecule is Cc1cc(C(=O)N2CCC3(CC2)OCC[C@@H]3CCOc2cccnc2)no1. The average Bonchev–Trinajstić information content (AvgIpc) is 3.30. The molecule has 0 aliphatic carbocycles. The normalized spacial score (nSPS) is 21.5. The number of likely N-dealkylation sites (tertiary alicyclic amines) is 1. The Hall–Kier alpha value is -2.41. The summed E-state index contributed by atoms with van der Waals surface area (Å²) in [4.78, 5) is 18.5. The summed E-state index contributed by atoms with van der Waals surface area (Å²) in [5, 5.41) is 3.85. The molecule has 7 nitrogen and oxygen atoms in total. The predicted molar refractivity (Wildman–Crippen MR) is 97.5 cm³/mol. The number of carbonyl (C=O) groups excluding carboxylic acids is 1. The van der Waals surface area contributed by atoms with Crippen LogP contribution in [-0.4, -0.2) is 52.9 Å². The standard InChI is InChI=1S/C20H25N3O4/c1-15-13-18(22-27-15)19(24)23-9-6-20(7-10-23)16(5-12-26-20)4-11-25-17-3-2-8-21-14-17/h2-3,8,13-14,16H,4-7,9-12H2,1H3/t16-/m0/s1. The summed E-state index contributed by atoms with van der Waals surface area (Å²) >= 11 is 0. The Morgan fingerprint density at radius 1 is 1.41 bits per heavy atom. The molecule has 0 saturated carbocycles. The minimum atomic E-state index is -0.130. The highest BCUT2D eigenvalue weighted by molar-refractivity contribution is 5.92. The van der Waals surface area contributed by atoms with Crippen LogP contribution in [0.1, 0.15) is 41.9 Å². The molecule has 4 rings (SSSR count). The zero-order valence-electron chi connectivity index (χ0n) is 15.6. The molecule has 0 unspecified atom stereocenters. The second kappa shape index (κ2) is 7.68. The van der Waals surface area contributed by atoms with Crippen LogP contribution < -0.4 is 4.74 Å². The first kappa shape index (κ1) is 18.0. The lowest BCUT2D eigenvalue weighted by molar-refractivity contribution is -0.0649. The van der Waals surface area contributed by atoms with Gasteiger partial charge in [0.15, 0.2) is 5.69 Å². The van der Waals surface area contributed by atoms with Crippen molar-refractivity contribution in [2.24, 2.45) is 5.92 Å². The van der Waals surface area contributed by atoms with E-state index in [2.05, 4.69) is 10.1 Å². The minimum Gasteiger partial charge on any atom is -0.492 e. The summed E-state index contributed by atoms with van der Waals surface area (Å²) < 4.78 is 17.0. The number of ether oxygens (including phenoxy) is 2. The molecule has 2 aromatic heterocycles. The molecule has 1 atom stereocenters. The molecule has 4 heterocycles. The molecule has 2 saturated heterocycles. The van der Waals surface area contributed by atoms with Gasteiger partial charge in [0.05, 0.1) is 18.4 Å².